The predicted octanol–water partition coefficient (Wildman–Crippen LogP) is 2.71. The number of hydrogen-bond acceptors (Lipinski definition) is 3. The molecule has 1 saturated heterocycles. The van der Waals surface area contributed by atoms with E-state index in [4.69, 9.17) is 0 Å². The molecule has 4 rings (SSSR count). The van der Waals surface area contributed by atoms with E-state index in [-0.39, 0.29) is 11.9 Å². The van der Waals surface area contributed by atoms with Crippen LogP contribution in [0.5, 0.6) is 0 Å². The summed E-state index contributed by atoms with van der Waals surface area (Å²) in [7, 11) is 0. The number of rotatable bonds is 2. The van der Waals surface area contributed by atoms with Crippen LogP contribution in [0.4, 0.5) is 0 Å². The van der Waals surface area contributed by atoms with Crippen LogP contribution in [-0.2, 0) is 0 Å². The van der Waals surface area contributed by atoms with Crippen molar-refractivity contribution in [2.75, 3.05) is 6.54 Å². The molecule has 1 fully saturated rings. The molecule has 3 aromatic heterocycles. The summed E-state index contributed by atoms with van der Waals surface area (Å²) in [6.07, 6.45) is 9.06. The van der Waals surface area contributed by atoms with E-state index in [2.05, 4.69) is 20.4 Å². The van der Waals surface area contributed by atoms with Crippen molar-refractivity contribution in [3.05, 3.63) is 66.4 Å². The zero-order valence-electron chi connectivity index (χ0n) is 12.1. The van der Waals surface area contributed by atoms with E-state index in [0.717, 1.165) is 30.7 Å². The molecule has 3 aromatic rings. The smallest absolute Gasteiger partial charge is 0.255 e. The number of fused-ring (bicyclic) bond motifs is 1. The SMILES string of the molecule is O=C(c1cccnc1)N1CCC[C@H]1c1cccc2nccn12. The first kappa shape index (κ1) is 13.0. The Morgan fingerprint density at radius 1 is 1.18 bits per heavy atom. The number of amides is 1. The lowest BCUT2D eigenvalue weighted by Crippen LogP contribution is -2.31. The second-order valence-corrected chi connectivity index (χ2v) is 5.50. The van der Waals surface area contributed by atoms with Crippen LogP contribution in [0.15, 0.2) is 55.1 Å². The Hall–Kier alpha value is -2.69. The normalized spacial score (nSPS) is 18.0. The first-order chi connectivity index (χ1) is 10.8. The van der Waals surface area contributed by atoms with Gasteiger partial charge in [-0.05, 0) is 37.1 Å². The Balaban J connectivity index is 1.72. The minimum Gasteiger partial charge on any atom is -0.330 e. The van der Waals surface area contributed by atoms with Gasteiger partial charge >= 0.3 is 0 Å². The number of carbonyl (C=O) groups is 1. The summed E-state index contributed by atoms with van der Waals surface area (Å²) in [5.41, 5.74) is 2.68. The van der Waals surface area contributed by atoms with Crippen molar-refractivity contribution in [3.63, 3.8) is 0 Å². The van der Waals surface area contributed by atoms with Gasteiger partial charge in [-0.15, -0.1) is 0 Å². The highest BCUT2D eigenvalue weighted by atomic mass is 16.2. The van der Waals surface area contributed by atoms with Gasteiger partial charge in [0.15, 0.2) is 0 Å². The maximum absolute atomic E-state index is 12.8. The van der Waals surface area contributed by atoms with Crippen molar-refractivity contribution in [2.24, 2.45) is 0 Å². The monoisotopic (exact) mass is 292 g/mol. The molecule has 22 heavy (non-hydrogen) atoms. The third-order valence-corrected chi connectivity index (χ3v) is 4.22. The van der Waals surface area contributed by atoms with Crippen molar-refractivity contribution < 1.29 is 4.79 Å². The Bertz CT molecular complexity index is 812. The summed E-state index contributed by atoms with van der Waals surface area (Å²) in [6.45, 7) is 0.781. The first-order valence-corrected chi connectivity index (χ1v) is 7.47. The van der Waals surface area contributed by atoms with Crippen LogP contribution in [0.3, 0.4) is 0 Å². The van der Waals surface area contributed by atoms with Crippen molar-refractivity contribution >= 4 is 11.6 Å². The molecule has 110 valence electrons. The molecule has 1 atom stereocenters. The molecule has 0 aliphatic carbocycles. The maximum atomic E-state index is 12.8. The van der Waals surface area contributed by atoms with Gasteiger partial charge in [0.05, 0.1) is 11.6 Å². The first-order valence-electron chi connectivity index (χ1n) is 7.47. The van der Waals surface area contributed by atoms with E-state index in [0.29, 0.717) is 5.56 Å². The molecule has 0 aromatic carbocycles. The lowest BCUT2D eigenvalue weighted by molar-refractivity contribution is 0.0732. The van der Waals surface area contributed by atoms with E-state index in [1.807, 2.05) is 29.3 Å². The third kappa shape index (κ3) is 2.06. The molecular formula is C17H16N4O. The van der Waals surface area contributed by atoms with Gasteiger partial charge in [0, 0.05) is 37.0 Å². The Morgan fingerprint density at radius 3 is 3.00 bits per heavy atom. The average Bonchev–Trinajstić information content (AvgIpc) is 3.23. The second kappa shape index (κ2) is 5.26. The topological polar surface area (TPSA) is 50.5 Å². The molecule has 0 radical (unpaired) electrons. The molecular weight excluding hydrogens is 276 g/mol. The number of likely N-dealkylation sites (tertiary alicyclic amines) is 1. The fourth-order valence-electron chi connectivity index (χ4n) is 3.21. The van der Waals surface area contributed by atoms with Gasteiger partial charge in [-0.25, -0.2) is 4.98 Å². The molecule has 0 unspecified atom stereocenters. The van der Waals surface area contributed by atoms with Gasteiger partial charge in [0.25, 0.3) is 5.91 Å². The Kier molecular flexibility index (Phi) is 3.11. The predicted molar refractivity (Wildman–Crippen MR) is 82.4 cm³/mol. The highest BCUT2D eigenvalue weighted by Gasteiger charge is 2.31. The van der Waals surface area contributed by atoms with E-state index >= 15 is 0 Å². The fourth-order valence-corrected chi connectivity index (χ4v) is 3.21. The van der Waals surface area contributed by atoms with Crippen LogP contribution in [0.2, 0.25) is 0 Å². The van der Waals surface area contributed by atoms with Crippen LogP contribution in [0.25, 0.3) is 5.65 Å². The van der Waals surface area contributed by atoms with Gasteiger partial charge in [-0.3, -0.25) is 9.78 Å². The average molecular weight is 292 g/mol. The summed E-state index contributed by atoms with van der Waals surface area (Å²) < 4.78 is 2.07. The standard InChI is InChI=1S/C17H16N4O/c22-17(13-4-2-8-18-12-13)21-10-3-6-15(21)14-5-1-7-16-19-9-11-20(14)16/h1-2,4-5,7-9,11-12,15H,3,6,10H2/t15-/m0/s1. The van der Waals surface area contributed by atoms with E-state index in [9.17, 15) is 4.79 Å². The minimum atomic E-state index is 0.0488. The molecule has 5 heteroatoms. The molecule has 1 amide bonds. The largest absolute Gasteiger partial charge is 0.330 e. The highest BCUT2D eigenvalue weighted by molar-refractivity contribution is 5.94. The summed E-state index contributed by atoms with van der Waals surface area (Å²) in [4.78, 5) is 23.1. The number of imidazole rings is 1. The number of aromatic nitrogens is 3. The van der Waals surface area contributed by atoms with Crippen LogP contribution < -0.4 is 0 Å². The second-order valence-electron chi connectivity index (χ2n) is 5.50. The van der Waals surface area contributed by atoms with Crippen LogP contribution in [-0.4, -0.2) is 31.7 Å². The summed E-state index contributed by atoms with van der Waals surface area (Å²) in [5, 5.41) is 0. The Labute approximate surface area is 128 Å². The van der Waals surface area contributed by atoms with Crippen molar-refractivity contribution in [3.8, 4) is 0 Å². The number of nitrogens with zero attached hydrogens (tertiary/aromatic N) is 4. The van der Waals surface area contributed by atoms with Gasteiger partial charge in [0.2, 0.25) is 0 Å². The number of carbonyl (C=O) groups excluding carboxylic acids is 1. The van der Waals surface area contributed by atoms with Crippen LogP contribution in [0, 0.1) is 0 Å². The van der Waals surface area contributed by atoms with Gasteiger partial charge in [-0.1, -0.05) is 6.07 Å². The lowest BCUT2D eigenvalue weighted by atomic mass is 10.1. The molecule has 5 nitrogen and oxygen atoms in total. The molecule has 0 saturated carbocycles. The maximum Gasteiger partial charge on any atom is 0.255 e. The number of hydrogen-bond donors (Lipinski definition) is 0. The third-order valence-electron chi connectivity index (χ3n) is 4.22. The quantitative estimate of drug-likeness (QED) is 0.729. The zero-order chi connectivity index (χ0) is 14.9. The summed E-state index contributed by atoms with van der Waals surface area (Å²) >= 11 is 0. The Morgan fingerprint density at radius 2 is 2.14 bits per heavy atom. The van der Waals surface area contributed by atoms with E-state index in [1.54, 1.807) is 24.7 Å². The van der Waals surface area contributed by atoms with Gasteiger partial charge in [-0.2, -0.15) is 0 Å². The molecule has 1 aliphatic heterocycles. The van der Waals surface area contributed by atoms with Crippen molar-refractivity contribution in [1.82, 2.24) is 19.3 Å². The summed E-state index contributed by atoms with van der Waals surface area (Å²) in [6, 6.07) is 9.77. The highest BCUT2D eigenvalue weighted by Crippen LogP contribution is 2.33. The molecule has 0 spiro atoms. The summed E-state index contributed by atoms with van der Waals surface area (Å²) in [5.74, 6) is 0.0488. The lowest BCUT2D eigenvalue weighted by Gasteiger charge is -2.25. The molecule has 4 heterocycles. The number of pyridine rings is 2. The van der Waals surface area contributed by atoms with Crippen LogP contribution in [0.1, 0.15) is 34.9 Å². The zero-order valence-corrected chi connectivity index (χ0v) is 12.1. The molecule has 1 aliphatic rings. The van der Waals surface area contributed by atoms with Crippen molar-refractivity contribution in [2.45, 2.75) is 18.9 Å². The van der Waals surface area contributed by atoms with Crippen molar-refractivity contribution in [1.29, 1.82) is 0 Å². The van der Waals surface area contributed by atoms with E-state index < -0.39 is 0 Å². The molecule has 0 bridgehead atoms. The minimum absolute atomic E-state index is 0.0488. The van der Waals surface area contributed by atoms with Gasteiger partial charge in [0.1, 0.15) is 5.65 Å². The van der Waals surface area contributed by atoms with E-state index in [1.165, 1.54) is 0 Å². The molecule has 0 N–H and O–H groups in total. The van der Waals surface area contributed by atoms with Crippen LogP contribution >= 0.6 is 0 Å². The van der Waals surface area contributed by atoms with Gasteiger partial charge < -0.3 is 9.30 Å². The fraction of sp³-hybridized carbons (Fsp3) is 0.235.